The lowest BCUT2D eigenvalue weighted by Gasteiger charge is -2.36. The molecule has 2 aliphatic rings. The van der Waals surface area contributed by atoms with Gasteiger partial charge in [-0.05, 0) is 29.8 Å². The molecule has 1 saturated heterocycles. The van der Waals surface area contributed by atoms with E-state index >= 15 is 0 Å². The fraction of sp³-hybridized carbons (Fsp3) is 0.391. The fourth-order valence-electron chi connectivity index (χ4n) is 3.84. The third-order valence-electron chi connectivity index (χ3n) is 5.61. The summed E-state index contributed by atoms with van der Waals surface area (Å²) < 4.78 is 5.94. The zero-order valence-corrected chi connectivity index (χ0v) is 19.4. The summed E-state index contributed by atoms with van der Waals surface area (Å²) in [6.07, 6.45) is 4.20. The molecule has 1 aliphatic carbocycles. The molecule has 0 N–H and O–H groups in total. The van der Waals surface area contributed by atoms with Crippen LogP contribution < -0.4 is 0 Å². The number of hydrogen-bond donors (Lipinski definition) is 0. The molecular formula is C23H24N4O6S. The summed E-state index contributed by atoms with van der Waals surface area (Å²) in [5, 5.41) is 8.73. The van der Waals surface area contributed by atoms with Crippen LogP contribution in [0.3, 0.4) is 0 Å². The highest BCUT2D eigenvalue weighted by Crippen LogP contribution is 2.28. The van der Waals surface area contributed by atoms with Crippen molar-refractivity contribution < 1.29 is 14.3 Å². The van der Waals surface area contributed by atoms with Crippen molar-refractivity contribution >= 4 is 24.0 Å². The van der Waals surface area contributed by atoms with Gasteiger partial charge in [-0.1, -0.05) is 40.2 Å². The molecule has 2 atom stereocenters. The van der Waals surface area contributed by atoms with E-state index in [1.807, 2.05) is 6.92 Å². The average molecular weight is 485 g/mol. The first kappa shape index (κ1) is 25.2. The largest absolute Gasteiger partial charge is 0.491 e. The number of ether oxygens (including phenoxy) is 1. The summed E-state index contributed by atoms with van der Waals surface area (Å²) in [5.41, 5.74) is 1.68. The number of hydrogen-bond acceptors (Lipinski definition) is 10. The van der Waals surface area contributed by atoms with Gasteiger partial charge in [0.2, 0.25) is 0 Å². The van der Waals surface area contributed by atoms with Gasteiger partial charge in [-0.3, -0.25) is 9.59 Å². The Morgan fingerprint density at radius 2 is 2.06 bits per heavy atom. The van der Waals surface area contributed by atoms with Gasteiger partial charge in [0.25, 0.3) is 5.91 Å². The summed E-state index contributed by atoms with van der Waals surface area (Å²) >= 11 is 1.67. The minimum atomic E-state index is -1.05. The maximum atomic E-state index is 13.5. The second kappa shape index (κ2) is 12.1. The molecule has 1 aromatic rings. The predicted molar refractivity (Wildman–Crippen MR) is 129 cm³/mol. The van der Waals surface area contributed by atoms with Crippen LogP contribution in [0, 0.1) is 14.7 Å². The van der Waals surface area contributed by atoms with Crippen LogP contribution in [0.25, 0.3) is 0 Å². The molecule has 0 aromatic heterocycles. The molecule has 178 valence electrons. The van der Waals surface area contributed by atoms with Crippen molar-refractivity contribution in [3.63, 3.8) is 0 Å². The number of benzene rings is 1. The van der Waals surface area contributed by atoms with Gasteiger partial charge >= 0.3 is 0 Å². The van der Waals surface area contributed by atoms with E-state index in [4.69, 9.17) is 4.74 Å². The summed E-state index contributed by atoms with van der Waals surface area (Å²) in [4.78, 5) is 60.1. The number of carbonyl (C=O) groups excluding carboxylic acids is 2. The maximum Gasteiger partial charge on any atom is 0.254 e. The monoisotopic (exact) mass is 484 g/mol. The molecule has 10 nitrogen and oxygen atoms in total. The van der Waals surface area contributed by atoms with E-state index in [0.717, 1.165) is 11.3 Å². The van der Waals surface area contributed by atoms with Gasteiger partial charge in [-0.2, -0.15) is 21.6 Å². The van der Waals surface area contributed by atoms with E-state index in [-0.39, 0.29) is 54.1 Å². The van der Waals surface area contributed by atoms with Gasteiger partial charge in [0, 0.05) is 30.0 Å². The zero-order chi connectivity index (χ0) is 24.5. The molecule has 0 spiro atoms. The smallest absolute Gasteiger partial charge is 0.254 e. The predicted octanol–water partition coefficient (Wildman–Crippen LogP) is 4.29. The highest BCUT2D eigenvalue weighted by molar-refractivity contribution is 7.99. The van der Waals surface area contributed by atoms with E-state index in [2.05, 4.69) is 15.5 Å². The third kappa shape index (κ3) is 5.71. The van der Waals surface area contributed by atoms with Crippen LogP contribution in [-0.4, -0.2) is 54.3 Å². The highest BCUT2D eigenvalue weighted by Gasteiger charge is 2.31. The van der Waals surface area contributed by atoms with E-state index in [1.54, 1.807) is 53.1 Å². The van der Waals surface area contributed by atoms with Crippen LogP contribution in [0.4, 0.5) is 0 Å². The SMILES string of the molecule is CC1=CC=C(OC[C@@H]2CSCCN2C(=O)c2ccccc2C(CN=O)N=O)C(C=O)=C(N=O)C1. The molecule has 0 saturated carbocycles. The lowest BCUT2D eigenvalue weighted by atomic mass is 9.99. The fourth-order valence-corrected chi connectivity index (χ4v) is 4.88. The van der Waals surface area contributed by atoms with Crippen molar-refractivity contribution in [2.24, 2.45) is 15.5 Å². The summed E-state index contributed by atoms with van der Waals surface area (Å²) in [7, 11) is 0. The second-order valence-electron chi connectivity index (χ2n) is 7.85. The number of allylic oxidation sites excluding steroid dienone is 4. The van der Waals surface area contributed by atoms with Gasteiger partial charge in [-0.15, -0.1) is 4.91 Å². The molecule has 1 unspecified atom stereocenters. The van der Waals surface area contributed by atoms with E-state index in [1.165, 1.54) is 0 Å². The first-order chi connectivity index (χ1) is 16.5. The molecule has 1 amide bonds. The number of thioether (sulfide) groups is 1. The minimum Gasteiger partial charge on any atom is -0.491 e. The van der Waals surface area contributed by atoms with Crippen molar-refractivity contribution in [2.45, 2.75) is 25.4 Å². The maximum absolute atomic E-state index is 13.5. The van der Waals surface area contributed by atoms with E-state index < -0.39 is 6.04 Å². The normalized spacial score (nSPS) is 19.3. The van der Waals surface area contributed by atoms with Gasteiger partial charge in [-0.25, -0.2) is 0 Å². The van der Waals surface area contributed by atoms with Crippen molar-refractivity contribution in [1.82, 2.24) is 4.90 Å². The number of aldehydes is 1. The number of nitroso groups, excluding NO2 is 3. The summed E-state index contributed by atoms with van der Waals surface area (Å²) in [5.74, 6) is 1.24. The van der Waals surface area contributed by atoms with Gasteiger partial charge in [0.15, 0.2) is 6.29 Å². The first-order valence-corrected chi connectivity index (χ1v) is 11.8. The Morgan fingerprint density at radius 1 is 1.26 bits per heavy atom. The summed E-state index contributed by atoms with van der Waals surface area (Å²) in [6, 6.07) is 5.15. The van der Waals surface area contributed by atoms with E-state index in [9.17, 15) is 24.3 Å². The van der Waals surface area contributed by atoms with Crippen molar-refractivity contribution in [2.75, 3.05) is 31.2 Å². The number of rotatable bonds is 10. The molecular weight excluding hydrogens is 460 g/mol. The standard InChI is InChI=1S/C23H24N4O6S/c1-15-6-7-22(19(12-28)20(10-15)25-31)33-13-16-14-34-9-8-27(16)23(29)18-5-3-2-4-17(18)21(26-32)11-24-30/h2-7,12,16,21H,8-11,13-14H2,1H3/t16-,21?/m1/s1. The molecule has 1 heterocycles. The Bertz CT molecular complexity index is 1070. The molecule has 3 rings (SSSR count). The van der Waals surface area contributed by atoms with Crippen molar-refractivity contribution in [3.05, 3.63) is 84.9 Å². The molecule has 0 radical (unpaired) electrons. The molecule has 1 fully saturated rings. The Kier molecular flexibility index (Phi) is 8.97. The van der Waals surface area contributed by atoms with Crippen LogP contribution in [0.5, 0.6) is 0 Å². The summed E-state index contributed by atoms with van der Waals surface area (Å²) in [6.45, 7) is 2.01. The topological polar surface area (TPSA) is 135 Å². The zero-order valence-electron chi connectivity index (χ0n) is 18.6. The quantitative estimate of drug-likeness (QED) is 0.357. The molecule has 0 bridgehead atoms. The van der Waals surface area contributed by atoms with Gasteiger partial charge < -0.3 is 9.64 Å². The number of nitrogens with zero attached hydrogens (tertiary/aromatic N) is 4. The Morgan fingerprint density at radius 3 is 2.76 bits per heavy atom. The van der Waals surface area contributed by atoms with Crippen molar-refractivity contribution in [3.8, 4) is 0 Å². The van der Waals surface area contributed by atoms with Crippen LogP contribution in [0.2, 0.25) is 0 Å². The second-order valence-corrected chi connectivity index (χ2v) is 9.00. The van der Waals surface area contributed by atoms with Crippen molar-refractivity contribution in [1.29, 1.82) is 0 Å². The Hall–Kier alpha value is -3.47. The van der Waals surface area contributed by atoms with Crippen LogP contribution in [0.1, 0.15) is 35.3 Å². The van der Waals surface area contributed by atoms with Crippen LogP contribution in [0.15, 0.2) is 74.6 Å². The van der Waals surface area contributed by atoms with Crippen LogP contribution in [-0.2, 0) is 9.53 Å². The Labute approximate surface area is 200 Å². The molecule has 34 heavy (non-hydrogen) atoms. The number of amides is 1. The lowest BCUT2D eigenvalue weighted by Crippen LogP contribution is -2.48. The Balaban J connectivity index is 1.84. The lowest BCUT2D eigenvalue weighted by molar-refractivity contribution is -0.105. The van der Waals surface area contributed by atoms with Gasteiger partial charge in [0.1, 0.15) is 30.6 Å². The molecule has 1 aliphatic heterocycles. The van der Waals surface area contributed by atoms with Gasteiger partial charge in [0.05, 0.1) is 11.6 Å². The minimum absolute atomic E-state index is 0.0916. The number of carbonyl (C=O) groups is 2. The van der Waals surface area contributed by atoms with E-state index in [0.29, 0.717) is 24.1 Å². The molecule has 11 heteroatoms. The average Bonchev–Trinajstić information content (AvgIpc) is 3.03. The van der Waals surface area contributed by atoms with Crippen LogP contribution >= 0.6 is 11.8 Å². The first-order valence-electron chi connectivity index (χ1n) is 10.7. The third-order valence-corrected chi connectivity index (χ3v) is 6.71. The highest BCUT2D eigenvalue weighted by atomic mass is 32.2. The molecule has 1 aromatic carbocycles.